The first-order valence-corrected chi connectivity index (χ1v) is 13.1. The van der Waals surface area contributed by atoms with Crippen molar-refractivity contribution in [3.63, 3.8) is 0 Å². The van der Waals surface area contributed by atoms with Gasteiger partial charge in [-0.3, -0.25) is 9.59 Å². The van der Waals surface area contributed by atoms with Crippen LogP contribution in [0.25, 0.3) is 16.5 Å². The van der Waals surface area contributed by atoms with Gasteiger partial charge >= 0.3 is 0 Å². The maximum absolute atomic E-state index is 14.0. The van der Waals surface area contributed by atoms with Crippen LogP contribution in [0.15, 0.2) is 73.3 Å². The highest BCUT2D eigenvalue weighted by atomic mass is 16.6. The van der Waals surface area contributed by atoms with Crippen LogP contribution in [0.2, 0.25) is 0 Å². The van der Waals surface area contributed by atoms with Gasteiger partial charge in [0.2, 0.25) is 11.8 Å². The minimum absolute atomic E-state index is 0.232. The lowest BCUT2D eigenvalue weighted by atomic mass is 9.66. The molecule has 3 saturated heterocycles. The van der Waals surface area contributed by atoms with Crippen LogP contribution in [0.5, 0.6) is 5.75 Å². The standard InChI is InChI=1S/C30H25N5O5/c1-29-24(36)14-30(40-29,12-13-39-20-9-7-19(8-10-20)34-17-32-16-33-34)26-25(29)27(37)35(28(26)38)23-11-6-18(15-31)21-4-2-3-5-22(21)23/h2-11,16-17,24-26,36H,12-14H2,1H3. The van der Waals surface area contributed by atoms with E-state index in [-0.39, 0.29) is 18.9 Å². The van der Waals surface area contributed by atoms with Crippen LogP contribution in [0.4, 0.5) is 5.69 Å². The van der Waals surface area contributed by atoms with Crippen LogP contribution in [0, 0.1) is 23.2 Å². The molecule has 10 nitrogen and oxygen atoms in total. The number of imide groups is 1. The van der Waals surface area contributed by atoms with Gasteiger partial charge < -0.3 is 14.6 Å². The van der Waals surface area contributed by atoms with Crippen molar-refractivity contribution in [2.45, 2.75) is 37.1 Å². The first kappa shape index (κ1) is 24.5. The molecular formula is C30H25N5O5. The Balaban J connectivity index is 1.17. The molecular weight excluding hydrogens is 510 g/mol. The number of fused-ring (bicyclic) bond motifs is 6. The topological polar surface area (TPSA) is 131 Å². The zero-order chi connectivity index (χ0) is 27.6. The summed E-state index contributed by atoms with van der Waals surface area (Å²) in [7, 11) is 0. The van der Waals surface area contributed by atoms with Crippen molar-refractivity contribution in [1.29, 1.82) is 5.26 Å². The first-order chi connectivity index (χ1) is 19.4. The molecule has 200 valence electrons. The lowest BCUT2D eigenvalue weighted by Gasteiger charge is -2.33. The monoisotopic (exact) mass is 535 g/mol. The number of nitrogens with zero attached hydrogens (tertiary/aromatic N) is 5. The SMILES string of the molecule is CC12OC(CCOc3ccc(-n4cncn4)cc3)(CC1O)C1C(=O)N(c3ccc(C#N)c4ccccc34)C(=O)C12. The van der Waals surface area contributed by atoms with Gasteiger partial charge in [0.25, 0.3) is 0 Å². The number of aliphatic hydroxyl groups is 1. The summed E-state index contributed by atoms with van der Waals surface area (Å²) in [4.78, 5) is 33.1. The Morgan fingerprint density at radius 1 is 1.07 bits per heavy atom. The lowest BCUT2D eigenvalue weighted by Crippen LogP contribution is -2.49. The van der Waals surface area contributed by atoms with E-state index in [9.17, 15) is 20.0 Å². The molecule has 4 heterocycles. The minimum Gasteiger partial charge on any atom is -0.493 e. The Kier molecular flexibility index (Phi) is 5.32. The summed E-state index contributed by atoms with van der Waals surface area (Å²) in [6, 6.07) is 20.1. The van der Waals surface area contributed by atoms with E-state index in [1.54, 1.807) is 42.2 Å². The minimum atomic E-state index is -1.19. The van der Waals surface area contributed by atoms with Gasteiger partial charge in [0.05, 0.1) is 53.2 Å². The van der Waals surface area contributed by atoms with Crippen molar-refractivity contribution in [1.82, 2.24) is 14.8 Å². The van der Waals surface area contributed by atoms with Crippen LogP contribution in [0.3, 0.4) is 0 Å². The maximum atomic E-state index is 14.0. The molecule has 0 saturated carbocycles. The number of benzene rings is 3. The largest absolute Gasteiger partial charge is 0.493 e. The molecule has 1 aromatic heterocycles. The second-order valence-corrected chi connectivity index (χ2v) is 10.8. The number of hydrogen-bond acceptors (Lipinski definition) is 8. The highest BCUT2D eigenvalue weighted by Crippen LogP contribution is 2.62. The number of rotatable bonds is 6. The summed E-state index contributed by atoms with van der Waals surface area (Å²) in [5.41, 5.74) is -0.481. The Hall–Kier alpha value is -4.59. The number of aromatic nitrogens is 3. The number of carbonyl (C=O) groups excluding carboxylic acids is 2. The molecule has 3 aromatic carbocycles. The molecule has 7 rings (SSSR count). The molecule has 5 unspecified atom stereocenters. The molecule has 5 atom stereocenters. The van der Waals surface area contributed by atoms with Gasteiger partial charge in [-0.2, -0.15) is 10.4 Å². The number of anilines is 1. The Morgan fingerprint density at radius 3 is 2.55 bits per heavy atom. The van der Waals surface area contributed by atoms with Gasteiger partial charge in [-0.1, -0.05) is 24.3 Å². The molecule has 2 bridgehead atoms. The van der Waals surface area contributed by atoms with E-state index < -0.39 is 35.0 Å². The summed E-state index contributed by atoms with van der Waals surface area (Å²) in [6.45, 7) is 1.95. The maximum Gasteiger partial charge on any atom is 0.240 e. The molecule has 10 heteroatoms. The highest BCUT2D eigenvalue weighted by molar-refractivity contribution is 6.26. The van der Waals surface area contributed by atoms with Crippen molar-refractivity contribution in [3.8, 4) is 17.5 Å². The van der Waals surface area contributed by atoms with E-state index in [1.165, 1.54) is 11.2 Å². The van der Waals surface area contributed by atoms with Crippen LogP contribution >= 0.6 is 0 Å². The number of carbonyl (C=O) groups is 2. The number of aliphatic hydroxyl groups excluding tert-OH is 1. The normalized spacial score (nSPS) is 28.7. The van der Waals surface area contributed by atoms with Gasteiger partial charge in [-0.05, 0) is 43.3 Å². The zero-order valence-corrected chi connectivity index (χ0v) is 21.6. The molecule has 3 fully saturated rings. The van der Waals surface area contributed by atoms with Gasteiger partial charge in [0.15, 0.2) is 0 Å². The van der Waals surface area contributed by atoms with E-state index in [0.29, 0.717) is 34.2 Å². The predicted octanol–water partition coefficient (Wildman–Crippen LogP) is 3.16. The van der Waals surface area contributed by atoms with Crippen molar-refractivity contribution in [2.24, 2.45) is 11.8 Å². The first-order valence-electron chi connectivity index (χ1n) is 13.1. The van der Waals surface area contributed by atoms with E-state index in [4.69, 9.17) is 9.47 Å². The predicted molar refractivity (Wildman–Crippen MR) is 142 cm³/mol. The van der Waals surface area contributed by atoms with Crippen molar-refractivity contribution >= 4 is 28.3 Å². The third kappa shape index (κ3) is 3.35. The van der Waals surface area contributed by atoms with Crippen LogP contribution in [0.1, 0.15) is 25.3 Å². The fourth-order valence-corrected chi connectivity index (χ4v) is 6.82. The zero-order valence-electron chi connectivity index (χ0n) is 21.6. The number of nitriles is 1. The summed E-state index contributed by atoms with van der Waals surface area (Å²) in [5, 5.41) is 26.0. The Bertz CT molecular complexity index is 1700. The highest BCUT2D eigenvalue weighted by Gasteiger charge is 2.77. The molecule has 2 amide bonds. The molecule has 1 N–H and O–H groups in total. The van der Waals surface area contributed by atoms with Crippen LogP contribution < -0.4 is 9.64 Å². The third-order valence-electron chi connectivity index (χ3n) is 8.69. The van der Waals surface area contributed by atoms with Crippen molar-refractivity contribution in [2.75, 3.05) is 11.5 Å². The molecule has 3 aliphatic rings. The second kappa shape index (κ2) is 8.71. The van der Waals surface area contributed by atoms with Gasteiger partial charge in [-0.25, -0.2) is 14.6 Å². The molecule has 0 radical (unpaired) electrons. The average molecular weight is 536 g/mol. The summed E-state index contributed by atoms with van der Waals surface area (Å²) < 4.78 is 14.1. The lowest BCUT2D eigenvalue weighted by molar-refractivity contribution is -0.134. The number of amides is 2. The van der Waals surface area contributed by atoms with Crippen molar-refractivity contribution < 1.29 is 24.2 Å². The number of ether oxygens (including phenoxy) is 2. The summed E-state index contributed by atoms with van der Waals surface area (Å²) in [5.74, 6) is -1.67. The van der Waals surface area contributed by atoms with Gasteiger partial charge in [0.1, 0.15) is 24.0 Å². The Morgan fingerprint density at radius 2 is 1.82 bits per heavy atom. The van der Waals surface area contributed by atoms with Crippen LogP contribution in [-0.2, 0) is 14.3 Å². The summed E-state index contributed by atoms with van der Waals surface area (Å²) in [6.07, 6.45) is 2.73. The fraction of sp³-hybridized carbons (Fsp3) is 0.300. The van der Waals surface area contributed by atoms with Gasteiger partial charge in [-0.15, -0.1) is 0 Å². The average Bonchev–Trinajstić information content (AvgIpc) is 3.70. The molecule has 0 spiro atoms. The Labute approximate surface area is 229 Å². The van der Waals surface area contributed by atoms with E-state index in [0.717, 1.165) is 5.69 Å². The number of hydrogen-bond donors (Lipinski definition) is 1. The van der Waals surface area contributed by atoms with Crippen LogP contribution in [-0.4, -0.2) is 55.6 Å². The van der Waals surface area contributed by atoms with E-state index in [1.807, 2.05) is 36.4 Å². The van der Waals surface area contributed by atoms with Gasteiger partial charge in [0, 0.05) is 23.6 Å². The second-order valence-electron chi connectivity index (χ2n) is 10.8. The fourth-order valence-electron chi connectivity index (χ4n) is 6.82. The smallest absolute Gasteiger partial charge is 0.240 e. The quantitative estimate of drug-likeness (QED) is 0.373. The molecule has 3 aliphatic heterocycles. The molecule has 40 heavy (non-hydrogen) atoms. The molecule has 4 aromatic rings. The summed E-state index contributed by atoms with van der Waals surface area (Å²) >= 11 is 0. The van der Waals surface area contributed by atoms with E-state index in [2.05, 4.69) is 16.2 Å². The van der Waals surface area contributed by atoms with Crippen molar-refractivity contribution in [3.05, 3.63) is 78.9 Å². The van der Waals surface area contributed by atoms with E-state index >= 15 is 0 Å². The third-order valence-corrected chi connectivity index (χ3v) is 8.69. The molecule has 0 aliphatic carbocycles.